The molecule has 16 rings (SSSR count). The van der Waals surface area contributed by atoms with Gasteiger partial charge in [0.15, 0.2) is 0 Å². The van der Waals surface area contributed by atoms with E-state index in [0.29, 0.717) is 0 Å². The van der Waals surface area contributed by atoms with Gasteiger partial charge in [0.1, 0.15) is 0 Å². The Balaban J connectivity index is 0.835. The van der Waals surface area contributed by atoms with Crippen LogP contribution in [0, 0.1) is 0 Å². The third kappa shape index (κ3) is 4.45. The molecule has 0 saturated heterocycles. The second-order valence-electron chi connectivity index (χ2n) is 18.4. The van der Waals surface area contributed by atoms with Crippen LogP contribution in [0.2, 0.25) is 0 Å². The molecule has 0 aliphatic heterocycles. The highest BCUT2D eigenvalue weighted by molar-refractivity contribution is 6.25. The molecule has 66 heavy (non-hydrogen) atoms. The molecule has 2 heteroatoms. The Labute approximate surface area is 379 Å². The van der Waals surface area contributed by atoms with Gasteiger partial charge in [0.2, 0.25) is 0 Å². The Morgan fingerprint density at radius 3 is 1.17 bits per heavy atom. The quantitative estimate of drug-likeness (QED) is 0.157. The van der Waals surface area contributed by atoms with Crippen LogP contribution in [-0.2, 0) is 0 Å². The van der Waals surface area contributed by atoms with Crippen LogP contribution in [0.3, 0.4) is 0 Å². The molecule has 0 atom stereocenters. The summed E-state index contributed by atoms with van der Waals surface area (Å²) >= 11 is 0. The van der Waals surface area contributed by atoms with Crippen molar-refractivity contribution in [2.24, 2.45) is 0 Å². The molecule has 0 radical (unpaired) electrons. The minimum Gasteiger partial charge on any atom is -0.309 e. The molecule has 0 amide bonds. The SMILES string of the molecule is c1ccc2c(c1)cc1c3c(cccc32)-c2cc(-n3c4ccccc4c4cc(-c5ccc6c(c5)c5ccccc5n6-c5ccc6c(c5)-c5cc7ccccc7c7cccc-6c57)ccc43)ccc2-1. The summed E-state index contributed by atoms with van der Waals surface area (Å²) in [7, 11) is 0. The van der Waals surface area contributed by atoms with Crippen LogP contribution in [0.25, 0.3) is 154 Å². The van der Waals surface area contributed by atoms with Crippen LogP contribution < -0.4 is 0 Å². The number of benzene rings is 12. The van der Waals surface area contributed by atoms with E-state index >= 15 is 0 Å². The van der Waals surface area contributed by atoms with Gasteiger partial charge in [-0.1, -0.05) is 146 Å². The smallest absolute Gasteiger partial charge is 0.0541 e. The van der Waals surface area contributed by atoms with E-state index in [2.05, 4.69) is 228 Å². The molecule has 0 N–H and O–H groups in total. The fourth-order valence-corrected chi connectivity index (χ4v) is 12.3. The maximum absolute atomic E-state index is 2.46. The average molecular weight is 833 g/mol. The maximum atomic E-state index is 2.46. The monoisotopic (exact) mass is 832 g/mol. The largest absolute Gasteiger partial charge is 0.309 e. The minimum absolute atomic E-state index is 1.18. The first-order chi connectivity index (χ1) is 32.7. The Bertz CT molecular complexity index is 4520. The van der Waals surface area contributed by atoms with Crippen LogP contribution in [0.4, 0.5) is 0 Å². The van der Waals surface area contributed by atoms with E-state index in [-0.39, 0.29) is 0 Å². The normalized spacial score (nSPS) is 12.5. The Morgan fingerprint density at radius 2 is 0.621 bits per heavy atom. The van der Waals surface area contributed by atoms with Gasteiger partial charge in [-0.15, -0.1) is 0 Å². The van der Waals surface area contributed by atoms with Gasteiger partial charge in [-0.05, 0) is 172 Å². The lowest BCUT2D eigenvalue weighted by molar-refractivity contribution is 1.18. The molecule has 0 unspecified atom stereocenters. The van der Waals surface area contributed by atoms with E-state index in [1.165, 1.54) is 154 Å². The Hall–Kier alpha value is -8.72. The van der Waals surface area contributed by atoms with Crippen molar-refractivity contribution in [3.8, 4) is 67.0 Å². The number of para-hydroxylation sites is 2. The molecule has 0 bridgehead atoms. The zero-order chi connectivity index (χ0) is 42.8. The van der Waals surface area contributed by atoms with Gasteiger partial charge in [0.05, 0.1) is 22.1 Å². The van der Waals surface area contributed by atoms with Crippen molar-refractivity contribution >= 4 is 86.7 Å². The molecular formula is C64H36N2. The topological polar surface area (TPSA) is 9.86 Å². The van der Waals surface area contributed by atoms with Crippen LogP contribution in [0.15, 0.2) is 218 Å². The number of aromatic nitrogens is 2. The number of nitrogens with zero attached hydrogens (tertiary/aromatic N) is 2. The fraction of sp³-hybridized carbons (Fsp3) is 0. The highest BCUT2D eigenvalue weighted by Crippen LogP contribution is 2.52. The summed E-state index contributed by atoms with van der Waals surface area (Å²) in [6.45, 7) is 0. The maximum Gasteiger partial charge on any atom is 0.0541 e. The highest BCUT2D eigenvalue weighted by atomic mass is 15.0. The number of hydrogen-bond donors (Lipinski definition) is 0. The molecule has 2 aromatic heterocycles. The molecular weight excluding hydrogens is 797 g/mol. The second-order valence-corrected chi connectivity index (χ2v) is 18.4. The lowest BCUT2D eigenvalue weighted by atomic mass is 9.96. The predicted molar refractivity (Wildman–Crippen MR) is 279 cm³/mol. The Morgan fingerprint density at radius 1 is 0.212 bits per heavy atom. The average Bonchev–Trinajstić information content (AvgIpc) is 4.09. The molecule has 2 aliphatic rings. The van der Waals surface area contributed by atoms with Crippen LogP contribution in [0.1, 0.15) is 0 Å². The van der Waals surface area contributed by atoms with Crippen LogP contribution in [-0.4, -0.2) is 9.13 Å². The molecule has 14 aromatic rings. The van der Waals surface area contributed by atoms with E-state index in [0.717, 1.165) is 0 Å². The van der Waals surface area contributed by atoms with Crippen molar-refractivity contribution in [3.63, 3.8) is 0 Å². The summed E-state index contributed by atoms with van der Waals surface area (Å²) in [5.41, 5.74) is 20.1. The van der Waals surface area contributed by atoms with Gasteiger partial charge in [-0.2, -0.15) is 0 Å². The van der Waals surface area contributed by atoms with Gasteiger partial charge in [0.25, 0.3) is 0 Å². The van der Waals surface area contributed by atoms with Crippen LogP contribution >= 0.6 is 0 Å². The summed E-state index contributed by atoms with van der Waals surface area (Å²) in [6.07, 6.45) is 0. The molecule has 2 aliphatic carbocycles. The first kappa shape index (κ1) is 34.7. The van der Waals surface area contributed by atoms with Gasteiger partial charge >= 0.3 is 0 Å². The molecule has 2 heterocycles. The molecule has 0 saturated carbocycles. The minimum atomic E-state index is 1.18. The first-order valence-electron chi connectivity index (χ1n) is 23.0. The predicted octanol–water partition coefficient (Wildman–Crippen LogP) is 17.5. The van der Waals surface area contributed by atoms with E-state index in [1.807, 2.05) is 0 Å². The fourth-order valence-electron chi connectivity index (χ4n) is 12.3. The van der Waals surface area contributed by atoms with Crippen LogP contribution in [0.5, 0.6) is 0 Å². The van der Waals surface area contributed by atoms with E-state index in [1.54, 1.807) is 0 Å². The van der Waals surface area contributed by atoms with E-state index < -0.39 is 0 Å². The second kappa shape index (κ2) is 12.5. The zero-order valence-corrected chi connectivity index (χ0v) is 35.7. The molecule has 12 aromatic carbocycles. The van der Waals surface area contributed by atoms with E-state index in [9.17, 15) is 0 Å². The standard InChI is InChI=1S/C64H36N2/c1-3-13-43-39(11-1)33-57-46-28-26-41(35-53(46)52-20-10-18-50(43)64(52)57)65-59-21-7-5-15-47(59)55-31-37(23-29-61(55)65)38-24-30-62-56(32-38)48-16-6-8-22-60(48)66(62)42-25-27-45-51-19-9-17-49-44-14-4-2-12-40(44)34-58(63(49)51)54(45)36-42/h1-36H. The lowest BCUT2D eigenvalue weighted by Crippen LogP contribution is -1.95. The van der Waals surface area contributed by atoms with Crippen molar-refractivity contribution in [2.45, 2.75) is 0 Å². The molecule has 0 fully saturated rings. The summed E-state index contributed by atoms with van der Waals surface area (Å²) < 4.78 is 4.92. The first-order valence-corrected chi connectivity index (χ1v) is 23.0. The van der Waals surface area contributed by atoms with Crippen molar-refractivity contribution in [3.05, 3.63) is 218 Å². The van der Waals surface area contributed by atoms with Crippen molar-refractivity contribution in [1.29, 1.82) is 0 Å². The third-order valence-electron chi connectivity index (χ3n) is 15.1. The summed E-state index contributed by atoms with van der Waals surface area (Å²) in [5.74, 6) is 0. The highest BCUT2D eigenvalue weighted by Gasteiger charge is 2.26. The van der Waals surface area contributed by atoms with E-state index in [4.69, 9.17) is 0 Å². The number of rotatable bonds is 3. The third-order valence-corrected chi connectivity index (χ3v) is 15.1. The molecule has 0 spiro atoms. The number of fused-ring (bicyclic) bond motifs is 16. The molecule has 2 nitrogen and oxygen atoms in total. The van der Waals surface area contributed by atoms with Crippen molar-refractivity contribution < 1.29 is 0 Å². The summed E-state index contributed by atoms with van der Waals surface area (Å²) in [6, 6.07) is 82.0. The number of hydrogen-bond acceptors (Lipinski definition) is 0. The van der Waals surface area contributed by atoms with Gasteiger partial charge in [0, 0.05) is 32.9 Å². The molecule has 302 valence electrons. The van der Waals surface area contributed by atoms with Gasteiger partial charge in [-0.25, -0.2) is 0 Å². The summed E-state index contributed by atoms with van der Waals surface area (Å²) in [5, 5.41) is 15.6. The van der Waals surface area contributed by atoms with Crippen molar-refractivity contribution in [1.82, 2.24) is 9.13 Å². The zero-order valence-electron chi connectivity index (χ0n) is 35.7. The Kier molecular flexibility index (Phi) is 6.58. The summed E-state index contributed by atoms with van der Waals surface area (Å²) in [4.78, 5) is 0. The van der Waals surface area contributed by atoms with Crippen molar-refractivity contribution in [2.75, 3.05) is 0 Å². The van der Waals surface area contributed by atoms with Gasteiger partial charge < -0.3 is 9.13 Å². The van der Waals surface area contributed by atoms with Gasteiger partial charge in [-0.3, -0.25) is 0 Å². The lowest BCUT2D eigenvalue weighted by Gasteiger charge is -2.12.